The summed E-state index contributed by atoms with van der Waals surface area (Å²) >= 11 is 0. The molecule has 0 radical (unpaired) electrons. The second kappa shape index (κ2) is 4.40. The second-order valence-corrected chi connectivity index (χ2v) is 4.60. The molecule has 0 aromatic heterocycles. The molecule has 1 heterocycles. The molecule has 0 spiro atoms. The van der Waals surface area contributed by atoms with Crippen LogP contribution in [0.4, 0.5) is 8.78 Å². The predicted molar refractivity (Wildman–Crippen MR) is 65.5 cm³/mol. The normalized spacial score (nSPS) is 18.4. The number of benzene rings is 2. The van der Waals surface area contributed by atoms with E-state index in [1.165, 1.54) is 48.5 Å². The largest absolute Gasteiger partial charge is 0.378 e. The van der Waals surface area contributed by atoms with Gasteiger partial charge in [-0.2, -0.15) is 0 Å². The van der Waals surface area contributed by atoms with Crippen molar-refractivity contribution in [3.05, 3.63) is 71.3 Å². The molecule has 2 aromatic rings. The Kier molecular flexibility index (Phi) is 2.84. The third-order valence-corrected chi connectivity index (χ3v) is 3.37. The maximum Gasteiger partial charge on any atom is 0.143 e. The van der Waals surface area contributed by atoms with Crippen molar-refractivity contribution in [2.24, 2.45) is 0 Å². The van der Waals surface area contributed by atoms with Crippen molar-refractivity contribution in [1.82, 2.24) is 0 Å². The number of epoxide rings is 1. The van der Waals surface area contributed by atoms with E-state index in [0.29, 0.717) is 17.7 Å². The van der Waals surface area contributed by atoms with Crippen LogP contribution in [-0.4, -0.2) is 17.8 Å². The minimum Gasteiger partial charge on any atom is -0.378 e. The molecule has 4 heteroatoms. The fraction of sp³-hybridized carbons (Fsp3) is 0.200. The van der Waals surface area contributed by atoms with Gasteiger partial charge in [0.2, 0.25) is 0 Å². The summed E-state index contributed by atoms with van der Waals surface area (Å²) in [5.41, 5.74) is -0.312. The Morgan fingerprint density at radius 1 is 0.895 bits per heavy atom. The summed E-state index contributed by atoms with van der Waals surface area (Å²) in [6, 6.07) is 11.2. The van der Waals surface area contributed by atoms with E-state index < -0.39 is 5.60 Å². The highest BCUT2D eigenvalue weighted by Crippen LogP contribution is 2.40. The van der Waals surface area contributed by atoms with Gasteiger partial charge in [0.05, 0.1) is 6.61 Å². The van der Waals surface area contributed by atoms with Crippen LogP contribution in [0.1, 0.15) is 11.1 Å². The number of halogens is 2. The minimum absolute atomic E-state index is 0.373. The van der Waals surface area contributed by atoms with Crippen LogP contribution in [0.15, 0.2) is 48.5 Å². The van der Waals surface area contributed by atoms with Gasteiger partial charge in [-0.15, -0.1) is 0 Å². The average Bonchev–Trinajstić information content (AvgIpc) is 3.24. The zero-order valence-electron chi connectivity index (χ0n) is 10.0. The Balaban J connectivity index is 2.08. The van der Waals surface area contributed by atoms with Crippen molar-refractivity contribution in [3.8, 4) is 0 Å². The molecule has 98 valence electrons. The van der Waals surface area contributed by atoms with Crippen LogP contribution in [0.25, 0.3) is 0 Å². The molecule has 2 aromatic carbocycles. The molecule has 0 bridgehead atoms. The van der Waals surface area contributed by atoms with E-state index in [0.717, 1.165) is 0 Å². The van der Waals surface area contributed by atoms with Gasteiger partial charge in [0.1, 0.15) is 23.3 Å². The molecule has 0 aliphatic carbocycles. The van der Waals surface area contributed by atoms with Crippen LogP contribution in [0, 0.1) is 11.6 Å². The highest BCUT2D eigenvalue weighted by atomic mass is 19.1. The van der Waals surface area contributed by atoms with E-state index >= 15 is 0 Å². The van der Waals surface area contributed by atoms with E-state index in [1.54, 1.807) is 0 Å². The van der Waals surface area contributed by atoms with Crippen molar-refractivity contribution in [1.29, 1.82) is 0 Å². The van der Waals surface area contributed by atoms with Gasteiger partial charge in [-0.05, 0) is 35.4 Å². The molecule has 0 saturated carbocycles. The van der Waals surface area contributed by atoms with Crippen molar-refractivity contribution >= 4 is 0 Å². The summed E-state index contributed by atoms with van der Waals surface area (Å²) in [6.45, 7) is 0.422. The zero-order chi connectivity index (χ0) is 13.5. The lowest BCUT2D eigenvalue weighted by atomic mass is 9.83. The molecule has 2 nitrogen and oxygen atoms in total. The number of hydrogen-bond donors (Lipinski definition) is 1. The molecule has 1 aliphatic heterocycles. The molecule has 1 N–H and O–H groups in total. The van der Waals surface area contributed by atoms with E-state index in [2.05, 4.69) is 0 Å². The lowest BCUT2D eigenvalue weighted by Gasteiger charge is -2.27. The van der Waals surface area contributed by atoms with Crippen LogP contribution >= 0.6 is 0 Å². The van der Waals surface area contributed by atoms with Crippen LogP contribution < -0.4 is 0 Å². The van der Waals surface area contributed by atoms with Gasteiger partial charge in [0, 0.05) is 0 Å². The zero-order valence-corrected chi connectivity index (χ0v) is 10.0. The molecule has 1 fully saturated rings. The Hall–Kier alpha value is -1.78. The molecule has 0 amide bonds. The van der Waals surface area contributed by atoms with Crippen LogP contribution in [0.5, 0.6) is 0 Å². The minimum atomic E-state index is -1.37. The summed E-state index contributed by atoms with van der Waals surface area (Å²) < 4.78 is 31.2. The average molecular weight is 262 g/mol. The Morgan fingerprint density at radius 3 is 1.58 bits per heavy atom. The smallest absolute Gasteiger partial charge is 0.143 e. The number of ether oxygens (including phenoxy) is 1. The lowest BCUT2D eigenvalue weighted by molar-refractivity contribution is 0.0476. The molecule has 1 atom stereocenters. The van der Waals surface area contributed by atoms with Gasteiger partial charge in [0.15, 0.2) is 0 Å². The van der Waals surface area contributed by atoms with Gasteiger partial charge in [-0.25, -0.2) is 8.78 Å². The maximum atomic E-state index is 13.0. The highest BCUT2D eigenvalue weighted by Gasteiger charge is 2.48. The number of rotatable bonds is 3. The monoisotopic (exact) mass is 262 g/mol. The van der Waals surface area contributed by atoms with Gasteiger partial charge in [0.25, 0.3) is 0 Å². The first-order valence-electron chi connectivity index (χ1n) is 5.97. The van der Waals surface area contributed by atoms with Gasteiger partial charge >= 0.3 is 0 Å². The van der Waals surface area contributed by atoms with Gasteiger partial charge in [-0.3, -0.25) is 0 Å². The molecule has 1 aliphatic rings. The van der Waals surface area contributed by atoms with Crippen molar-refractivity contribution in [2.45, 2.75) is 11.7 Å². The first kappa shape index (κ1) is 12.3. The first-order chi connectivity index (χ1) is 9.10. The summed E-state index contributed by atoms with van der Waals surface area (Å²) in [5.74, 6) is -0.746. The quantitative estimate of drug-likeness (QED) is 0.862. The predicted octanol–water partition coefficient (Wildman–Crippen LogP) is 2.60. The fourth-order valence-corrected chi connectivity index (χ4v) is 2.24. The van der Waals surface area contributed by atoms with E-state index in [9.17, 15) is 13.9 Å². The maximum absolute atomic E-state index is 13.0. The van der Waals surface area contributed by atoms with Crippen LogP contribution in [0.2, 0.25) is 0 Å². The highest BCUT2D eigenvalue weighted by molar-refractivity contribution is 5.39. The summed E-state index contributed by atoms with van der Waals surface area (Å²) in [6.07, 6.45) is -0.386. The van der Waals surface area contributed by atoms with E-state index in [4.69, 9.17) is 4.74 Å². The topological polar surface area (TPSA) is 32.8 Å². The van der Waals surface area contributed by atoms with Crippen molar-refractivity contribution < 1.29 is 18.6 Å². The molecule has 1 unspecified atom stereocenters. The Labute approximate surface area is 109 Å². The summed E-state index contributed by atoms with van der Waals surface area (Å²) in [7, 11) is 0. The van der Waals surface area contributed by atoms with Gasteiger partial charge in [-0.1, -0.05) is 24.3 Å². The van der Waals surface area contributed by atoms with E-state index in [-0.39, 0.29) is 17.7 Å². The molecule has 1 saturated heterocycles. The number of hydrogen-bond acceptors (Lipinski definition) is 2. The third-order valence-electron chi connectivity index (χ3n) is 3.37. The van der Waals surface area contributed by atoms with Crippen LogP contribution in [-0.2, 0) is 10.3 Å². The van der Waals surface area contributed by atoms with Crippen molar-refractivity contribution in [3.63, 3.8) is 0 Å². The summed E-state index contributed by atoms with van der Waals surface area (Å²) in [4.78, 5) is 0. The first-order valence-corrected chi connectivity index (χ1v) is 5.97. The standard InChI is InChI=1S/C15H12F2O2/c16-12-5-1-10(2-6-12)15(18,14-9-19-14)11-3-7-13(17)8-4-11/h1-8,14,18H,9H2. The molecule has 3 rings (SSSR count). The Morgan fingerprint density at radius 2 is 1.26 bits per heavy atom. The molecular formula is C15H12F2O2. The fourth-order valence-electron chi connectivity index (χ4n) is 2.24. The SMILES string of the molecule is OC(c1ccc(F)cc1)(c1ccc(F)cc1)C1CO1. The van der Waals surface area contributed by atoms with E-state index in [1.807, 2.05) is 0 Å². The van der Waals surface area contributed by atoms with Crippen LogP contribution in [0.3, 0.4) is 0 Å². The number of aliphatic hydroxyl groups is 1. The van der Waals surface area contributed by atoms with Gasteiger partial charge < -0.3 is 9.84 Å². The summed E-state index contributed by atoms with van der Waals surface area (Å²) in [5, 5.41) is 10.9. The second-order valence-electron chi connectivity index (χ2n) is 4.60. The third kappa shape index (κ3) is 2.13. The van der Waals surface area contributed by atoms with Crippen molar-refractivity contribution in [2.75, 3.05) is 6.61 Å². The molecular weight excluding hydrogens is 250 g/mol. The Bertz CT molecular complexity index is 529. The molecule has 19 heavy (non-hydrogen) atoms. The lowest BCUT2D eigenvalue weighted by Crippen LogP contribution is -2.33.